The molecule has 1 aromatic carbocycles. The minimum Gasteiger partial charge on any atom is -0.444 e. The number of amides is 1. The van der Waals surface area contributed by atoms with Crippen molar-refractivity contribution in [1.82, 2.24) is 5.32 Å². The Labute approximate surface area is 119 Å². The second-order valence-corrected chi connectivity index (χ2v) is 5.44. The summed E-state index contributed by atoms with van der Waals surface area (Å²) >= 11 is 0. The van der Waals surface area contributed by atoms with Gasteiger partial charge in [-0.1, -0.05) is 11.8 Å². The predicted octanol–water partition coefficient (Wildman–Crippen LogP) is 3.40. The van der Waals surface area contributed by atoms with Gasteiger partial charge in [0.2, 0.25) is 0 Å². The predicted molar refractivity (Wildman–Crippen MR) is 76.9 cm³/mol. The van der Waals surface area contributed by atoms with Crippen LogP contribution >= 0.6 is 0 Å². The largest absolute Gasteiger partial charge is 0.444 e. The number of aryl methyl sites for hydroxylation is 1. The normalized spacial score (nSPS) is 10.4. The molecule has 0 fully saturated rings. The summed E-state index contributed by atoms with van der Waals surface area (Å²) in [6.45, 7) is 7.66. The van der Waals surface area contributed by atoms with Crippen molar-refractivity contribution < 1.29 is 13.9 Å². The molecule has 0 heterocycles. The third kappa shape index (κ3) is 6.24. The molecule has 1 rings (SSSR count). The highest BCUT2D eigenvalue weighted by Crippen LogP contribution is 2.08. The van der Waals surface area contributed by atoms with Gasteiger partial charge in [-0.3, -0.25) is 0 Å². The average molecular weight is 277 g/mol. The number of halogens is 1. The number of ether oxygens (including phenoxy) is 1. The van der Waals surface area contributed by atoms with Crippen LogP contribution in [0.15, 0.2) is 18.2 Å². The van der Waals surface area contributed by atoms with Crippen molar-refractivity contribution in [1.29, 1.82) is 0 Å². The number of carbonyl (C=O) groups excluding carboxylic acids is 1. The van der Waals surface area contributed by atoms with E-state index in [1.54, 1.807) is 6.07 Å². The molecule has 3 nitrogen and oxygen atoms in total. The van der Waals surface area contributed by atoms with E-state index in [1.165, 1.54) is 12.1 Å². The van der Waals surface area contributed by atoms with Crippen LogP contribution in [0.5, 0.6) is 0 Å². The second-order valence-electron chi connectivity index (χ2n) is 5.44. The fraction of sp³-hybridized carbons (Fsp3) is 0.438. The quantitative estimate of drug-likeness (QED) is 0.664. The number of alkyl carbamates (subject to hydrolysis) is 1. The molecule has 0 unspecified atom stereocenters. The van der Waals surface area contributed by atoms with Crippen molar-refractivity contribution in [3.05, 3.63) is 35.1 Å². The maximum atomic E-state index is 12.9. The van der Waals surface area contributed by atoms with Crippen LogP contribution in [0.3, 0.4) is 0 Å². The van der Waals surface area contributed by atoms with Gasteiger partial charge in [0.1, 0.15) is 11.4 Å². The van der Waals surface area contributed by atoms with E-state index in [9.17, 15) is 9.18 Å². The Balaban J connectivity index is 2.38. The van der Waals surface area contributed by atoms with Crippen LogP contribution in [0.4, 0.5) is 9.18 Å². The summed E-state index contributed by atoms with van der Waals surface area (Å²) in [4.78, 5) is 11.4. The smallest absolute Gasteiger partial charge is 0.407 e. The topological polar surface area (TPSA) is 38.3 Å². The van der Waals surface area contributed by atoms with E-state index in [2.05, 4.69) is 17.2 Å². The van der Waals surface area contributed by atoms with E-state index >= 15 is 0 Å². The maximum Gasteiger partial charge on any atom is 0.407 e. The SMILES string of the molecule is Cc1cc(F)ccc1C#CCCNC(=O)OC(C)(C)C. The lowest BCUT2D eigenvalue weighted by molar-refractivity contribution is 0.0529. The molecular formula is C16H20FNO2. The lowest BCUT2D eigenvalue weighted by Gasteiger charge is -2.19. The second kappa shape index (κ2) is 6.95. The van der Waals surface area contributed by atoms with E-state index in [1.807, 2.05) is 27.7 Å². The number of nitrogens with one attached hydrogen (secondary N) is 1. The number of hydrogen-bond acceptors (Lipinski definition) is 2. The Kier molecular flexibility index (Phi) is 5.57. The molecule has 0 atom stereocenters. The molecule has 0 radical (unpaired) electrons. The van der Waals surface area contributed by atoms with Crippen LogP contribution in [-0.4, -0.2) is 18.2 Å². The molecule has 4 heteroatoms. The molecule has 0 bridgehead atoms. The highest BCUT2D eigenvalue weighted by atomic mass is 19.1. The van der Waals surface area contributed by atoms with Crippen LogP contribution in [0.1, 0.15) is 38.3 Å². The Morgan fingerprint density at radius 2 is 2.10 bits per heavy atom. The molecule has 0 saturated carbocycles. The van der Waals surface area contributed by atoms with Crippen molar-refractivity contribution >= 4 is 6.09 Å². The van der Waals surface area contributed by atoms with E-state index in [0.717, 1.165) is 11.1 Å². The molecule has 0 aliphatic carbocycles. The molecule has 0 spiro atoms. The van der Waals surface area contributed by atoms with Crippen LogP contribution in [-0.2, 0) is 4.74 Å². The fourth-order valence-electron chi connectivity index (χ4n) is 1.47. The van der Waals surface area contributed by atoms with Crippen LogP contribution < -0.4 is 5.32 Å². The summed E-state index contributed by atoms with van der Waals surface area (Å²) in [5, 5.41) is 2.63. The summed E-state index contributed by atoms with van der Waals surface area (Å²) in [6, 6.07) is 4.48. The van der Waals surface area contributed by atoms with Crippen molar-refractivity contribution in [2.45, 2.75) is 39.7 Å². The van der Waals surface area contributed by atoms with Crippen molar-refractivity contribution in [3.8, 4) is 11.8 Å². The van der Waals surface area contributed by atoms with Gasteiger partial charge < -0.3 is 10.1 Å². The summed E-state index contributed by atoms with van der Waals surface area (Å²) in [7, 11) is 0. The first kappa shape index (κ1) is 16.0. The standard InChI is InChI=1S/C16H20FNO2/c1-12-11-14(17)9-8-13(12)7-5-6-10-18-15(19)20-16(2,3)4/h8-9,11H,6,10H2,1-4H3,(H,18,19). The van der Waals surface area contributed by atoms with Crippen molar-refractivity contribution in [3.63, 3.8) is 0 Å². The zero-order valence-corrected chi connectivity index (χ0v) is 12.3. The zero-order valence-electron chi connectivity index (χ0n) is 12.3. The molecule has 20 heavy (non-hydrogen) atoms. The Morgan fingerprint density at radius 3 is 2.70 bits per heavy atom. The van der Waals surface area contributed by atoms with Gasteiger partial charge in [-0.25, -0.2) is 9.18 Å². The molecule has 1 amide bonds. The summed E-state index contributed by atoms with van der Waals surface area (Å²) in [5.41, 5.74) is 1.10. The van der Waals surface area contributed by atoms with Gasteiger partial charge >= 0.3 is 6.09 Å². The lowest BCUT2D eigenvalue weighted by atomic mass is 10.1. The Morgan fingerprint density at radius 1 is 1.40 bits per heavy atom. The van der Waals surface area contributed by atoms with E-state index < -0.39 is 11.7 Å². The average Bonchev–Trinajstić information content (AvgIpc) is 2.28. The molecule has 0 saturated heterocycles. The van der Waals surface area contributed by atoms with Crippen LogP contribution in [0, 0.1) is 24.6 Å². The molecular weight excluding hydrogens is 257 g/mol. The number of hydrogen-bond donors (Lipinski definition) is 1. The molecule has 0 aliphatic heterocycles. The first-order valence-electron chi connectivity index (χ1n) is 6.50. The summed E-state index contributed by atoms with van der Waals surface area (Å²) in [6.07, 6.45) is 0.0630. The third-order valence-corrected chi connectivity index (χ3v) is 2.33. The van der Waals surface area contributed by atoms with Gasteiger partial charge in [0.15, 0.2) is 0 Å². The minimum atomic E-state index is -0.499. The Hall–Kier alpha value is -2.02. The maximum absolute atomic E-state index is 12.9. The fourth-order valence-corrected chi connectivity index (χ4v) is 1.47. The van der Waals surface area contributed by atoms with Crippen molar-refractivity contribution in [2.75, 3.05) is 6.54 Å². The first-order chi connectivity index (χ1) is 9.28. The van der Waals surface area contributed by atoms with Gasteiger partial charge in [0, 0.05) is 18.5 Å². The lowest BCUT2D eigenvalue weighted by Crippen LogP contribution is -2.32. The molecule has 0 aliphatic rings. The molecule has 0 aromatic heterocycles. The van der Waals surface area contributed by atoms with E-state index in [-0.39, 0.29) is 5.82 Å². The third-order valence-electron chi connectivity index (χ3n) is 2.33. The highest BCUT2D eigenvalue weighted by molar-refractivity contribution is 5.67. The van der Waals surface area contributed by atoms with Gasteiger partial charge in [-0.15, -0.1) is 0 Å². The van der Waals surface area contributed by atoms with E-state index in [0.29, 0.717) is 13.0 Å². The molecule has 1 aromatic rings. The molecule has 1 N–H and O–H groups in total. The number of carbonyl (C=O) groups is 1. The van der Waals surface area contributed by atoms with Crippen molar-refractivity contribution in [2.24, 2.45) is 0 Å². The summed E-state index contributed by atoms with van der Waals surface area (Å²) in [5.74, 6) is 5.63. The monoisotopic (exact) mass is 277 g/mol. The highest BCUT2D eigenvalue weighted by Gasteiger charge is 2.15. The van der Waals surface area contributed by atoms with Gasteiger partial charge in [-0.2, -0.15) is 0 Å². The first-order valence-corrected chi connectivity index (χ1v) is 6.50. The number of rotatable bonds is 2. The number of benzene rings is 1. The Bertz CT molecular complexity index is 536. The van der Waals surface area contributed by atoms with Crippen LogP contribution in [0.25, 0.3) is 0 Å². The van der Waals surface area contributed by atoms with E-state index in [4.69, 9.17) is 4.74 Å². The molecule has 108 valence electrons. The van der Waals surface area contributed by atoms with Gasteiger partial charge in [0.05, 0.1) is 0 Å². The zero-order chi connectivity index (χ0) is 15.2. The minimum absolute atomic E-state index is 0.264. The van der Waals surface area contributed by atoms with Gasteiger partial charge in [-0.05, 0) is 51.5 Å². The summed E-state index contributed by atoms with van der Waals surface area (Å²) < 4.78 is 18.0. The van der Waals surface area contributed by atoms with Crippen LogP contribution in [0.2, 0.25) is 0 Å². The van der Waals surface area contributed by atoms with Gasteiger partial charge in [0.25, 0.3) is 0 Å².